The minimum absolute atomic E-state index is 0.0242. The van der Waals surface area contributed by atoms with Crippen molar-refractivity contribution in [1.82, 2.24) is 0 Å². The van der Waals surface area contributed by atoms with E-state index in [-0.39, 0.29) is 17.3 Å². The van der Waals surface area contributed by atoms with Crippen molar-refractivity contribution in [2.45, 2.75) is 13.5 Å². The molecule has 2 N–H and O–H groups in total. The molecule has 0 unspecified atom stereocenters. The molecule has 2 aromatic carbocycles. The first kappa shape index (κ1) is 13.0. The number of carbonyl (C=O) groups excluding carboxylic acids is 1. The van der Waals surface area contributed by atoms with E-state index < -0.39 is 0 Å². The van der Waals surface area contributed by atoms with Crippen LogP contribution < -0.4 is 0 Å². The SMILES string of the molecule is CC(=O)/C=C/OCc1ccc2cc(O)cc(O)c2c1. The average Bonchev–Trinajstić information content (AvgIpc) is 2.35. The smallest absolute Gasteiger partial charge is 0.155 e. The monoisotopic (exact) mass is 258 g/mol. The van der Waals surface area contributed by atoms with Gasteiger partial charge in [-0.25, -0.2) is 0 Å². The van der Waals surface area contributed by atoms with Gasteiger partial charge in [-0.15, -0.1) is 0 Å². The minimum Gasteiger partial charge on any atom is -0.508 e. The van der Waals surface area contributed by atoms with Crippen molar-refractivity contribution >= 4 is 16.6 Å². The molecule has 0 bridgehead atoms. The summed E-state index contributed by atoms with van der Waals surface area (Å²) in [7, 11) is 0. The summed E-state index contributed by atoms with van der Waals surface area (Å²) >= 11 is 0. The number of ketones is 1. The van der Waals surface area contributed by atoms with Gasteiger partial charge in [0.05, 0.1) is 6.26 Å². The highest BCUT2D eigenvalue weighted by Gasteiger charge is 2.03. The summed E-state index contributed by atoms with van der Waals surface area (Å²) < 4.78 is 5.21. The van der Waals surface area contributed by atoms with Gasteiger partial charge in [-0.2, -0.15) is 0 Å². The Labute approximate surface area is 110 Å². The lowest BCUT2D eigenvalue weighted by atomic mass is 10.1. The molecule has 0 aliphatic rings. The Kier molecular flexibility index (Phi) is 3.71. The number of aromatic hydroxyl groups is 2. The largest absolute Gasteiger partial charge is 0.508 e. The van der Waals surface area contributed by atoms with Crippen molar-refractivity contribution in [1.29, 1.82) is 0 Å². The predicted molar refractivity (Wildman–Crippen MR) is 71.9 cm³/mol. The van der Waals surface area contributed by atoms with Gasteiger partial charge >= 0.3 is 0 Å². The predicted octanol–water partition coefficient (Wildman–Crippen LogP) is 2.87. The second-order valence-electron chi connectivity index (χ2n) is 4.24. The van der Waals surface area contributed by atoms with Crippen molar-refractivity contribution in [2.24, 2.45) is 0 Å². The van der Waals surface area contributed by atoms with E-state index >= 15 is 0 Å². The van der Waals surface area contributed by atoms with Crippen LogP contribution in [0.1, 0.15) is 12.5 Å². The van der Waals surface area contributed by atoms with Gasteiger partial charge in [0.25, 0.3) is 0 Å². The van der Waals surface area contributed by atoms with E-state index in [0.717, 1.165) is 10.9 Å². The number of rotatable bonds is 4. The molecule has 0 heterocycles. The van der Waals surface area contributed by atoms with Gasteiger partial charge in [-0.05, 0) is 30.0 Å². The first-order valence-corrected chi connectivity index (χ1v) is 5.79. The van der Waals surface area contributed by atoms with Crippen LogP contribution in [0.3, 0.4) is 0 Å². The summed E-state index contributed by atoms with van der Waals surface area (Å²) in [5, 5.41) is 20.5. The Morgan fingerprint density at radius 3 is 2.79 bits per heavy atom. The van der Waals surface area contributed by atoms with Crippen LogP contribution in [0.5, 0.6) is 11.5 Å². The molecule has 98 valence electrons. The number of carbonyl (C=O) groups is 1. The van der Waals surface area contributed by atoms with Gasteiger partial charge in [0.15, 0.2) is 5.78 Å². The van der Waals surface area contributed by atoms with Gasteiger partial charge in [-0.3, -0.25) is 4.79 Å². The summed E-state index contributed by atoms with van der Waals surface area (Å²) in [6.07, 6.45) is 2.69. The minimum atomic E-state index is -0.0772. The Hall–Kier alpha value is -2.49. The second kappa shape index (κ2) is 5.44. The van der Waals surface area contributed by atoms with Crippen molar-refractivity contribution < 1.29 is 19.7 Å². The molecule has 2 aromatic rings. The van der Waals surface area contributed by atoms with Crippen LogP contribution >= 0.6 is 0 Å². The van der Waals surface area contributed by atoms with Gasteiger partial charge in [-0.1, -0.05) is 12.1 Å². The van der Waals surface area contributed by atoms with E-state index in [9.17, 15) is 15.0 Å². The molecule has 0 saturated heterocycles. The molecular weight excluding hydrogens is 244 g/mol. The summed E-state index contributed by atoms with van der Waals surface area (Å²) in [6, 6.07) is 8.29. The standard InChI is InChI=1S/C15H14O4/c1-10(16)4-5-19-9-11-2-3-12-7-13(17)8-15(18)14(12)6-11/h2-8,17-18H,9H2,1H3/b5-4+. The van der Waals surface area contributed by atoms with Crippen molar-refractivity contribution in [3.05, 3.63) is 48.2 Å². The first-order chi connectivity index (χ1) is 9.06. The van der Waals surface area contributed by atoms with Gasteiger partial charge < -0.3 is 14.9 Å². The third-order valence-corrected chi connectivity index (χ3v) is 2.63. The number of hydrogen-bond acceptors (Lipinski definition) is 4. The van der Waals surface area contributed by atoms with E-state index in [0.29, 0.717) is 12.0 Å². The normalized spacial score (nSPS) is 11.0. The van der Waals surface area contributed by atoms with Crippen LogP contribution in [0.15, 0.2) is 42.7 Å². The van der Waals surface area contributed by atoms with Gasteiger partial charge in [0.2, 0.25) is 0 Å². The van der Waals surface area contributed by atoms with Crippen LogP contribution in [-0.2, 0) is 16.1 Å². The molecule has 2 rings (SSSR count). The molecular formula is C15H14O4. The zero-order chi connectivity index (χ0) is 13.8. The Bertz CT molecular complexity index is 644. The van der Waals surface area contributed by atoms with Crippen molar-refractivity contribution in [2.75, 3.05) is 0 Å². The lowest BCUT2D eigenvalue weighted by Gasteiger charge is -2.06. The maximum atomic E-state index is 10.7. The molecule has 0 saturated carbocycles. The van der Waals surface area contributed by atoms with Crippen LogP contribution in [0, 0.1) is 0 Å². The number of phenols is 2. The molecule has 0 aliphatic heterocycles. The van der Waals surface area contributed by atoms with Crippen molar-refractivity contribution in [3.8, 4) is 11.5 Å². The number of ether oxygens (including phenoxy) is 1. The van der Waals surface area contributed by atoms with Gasteiger partial charge in [0, 0.05) is 17.5 Å². The van der Waals surface area contributed by atoms with E-state index in [1.165, 1.54) is 25.3 Å². The molecule has 4 nitrogen and oxygen atoms in total. The molecule has 4 heteroatoms. The molecule has 0 aliphatic carbocycles. The lowest BCUT2D eigenvalue weighted by Crippen LogP contribution is -1.88. The molecule has 0 aromatic heterocycles. The summed E-state index contributed by atoms with van der Waals surface area (Å²) in [4.78, 5) is 10.7. The highest BCUT2D eigenvalue weighted by atomic mass is 16.5. The fourth-order valence-electron chi connectivity index (χ4n) is 1.75. The number of benzene rings is 2. The topological polar surface area (TPSA) is 66.8 Å². The Balaban J connectivity index is 2.20. The summed E-state index contributed by atoms with van der Waals surface area (Å²) in [6.45, 7) is 1.75. The van der Waals surface area contributed by atoms with Crippen LogP contribution in [0.4, 0.5) is 0 Å². The zero-order valence-corrected chi connectivity index (χ0v) is 10.5. The fourth-order valence-corrected chi connectivity index (χ4v) is 1.75. The molecule has 0 radical (unpaired) electrons. The zero-order valence-electron chi connectivity index (χ0n) is 10.5. The summed E-state index contributed by atoms with van der Waals surface area (Å²) in [5.74, 6) is -0.0267. The van der Waals surface area contributed by atoms with E-state index in [2.05, 4.69) is 0 Å². The number of phenolic OH excluding ortho intramolecular Hbond substituents is 2. The van der Waals surface area contributed by atoms with Crippen molar-refractivity contribution in [3.63, 3.8) is 0 Å². The third-order valence-electron chi connectivity index (χ3n) is 2.63. The van der Waals surface area contributed by atoms with Crippen LogP contribution in [-0.4, -0.2) is 16.0 Å². The van der Waals surface area contributed by atoms with Gasteiger partial charge in [0.1, 0.15) is 18.1 Å². The van der Waals surface area contributed by atoms with Crippen LogP contribution in [0.2, 0.25) is 0 Å². The van der Waals surface area contributed by atoms with E-state index in [1.807, 2.05) is 6.07 Å². The first-order valence-electron chi connectivity index (χ1n) is 5.79. The maximum Gasteiger partial charge on any atom is 0.155 e. The quantitative estimate of drug-likeness (QED) is 0.653. The highest BCUT2D eigenvalue weighted by Crippen LogP contribution is 2.30. The highest BCUT2D eigenvalue weighted by molar-refractivity contribution is 5.90. The number of fused-ring (bicyclic) bond motifs is 1. The average molecular weight is 258 g/mol. The molecule has 0 spiro atoms. The number of hydrogen-bond donors (Lipinski definition) is 2. The van der Waals surface area contributed by atoms with E-state index in [1.54, 1.807) is 18.2 Å². The molecule has 0 atom stereocenters. The Morgan fingerprint density at radius 2 is 2.05 bits per heavy atom. The Morgan fingerprint density at radius 1 is 1.26 bits per heavy atom. The lowest BCUT2D eigenvalue weighted by molar-refractivity contribution is -0.112. The third kappa shape index (κ3) is 3.25. The number of allylic oxidation sites excluding steroid dienone is 1. The van der Waals surface area contributed by atoms with Crippen LogP contribution in [0.25, 0.3) is 10.8 Å². The fraction of sp³-hybridized carbons (Fsp3) is 0.133. The molecule has 0 fully saturated rings. The molecule has 0 amide bonds. The second-order valence-corrected chi connectivity index (χ2v) is 4.24. The maximum absolute atomic E-state index is 10.7. The summed E-state index contributed by atoms with van der Waals surface area (Å²) in [5.41, 5.74) is 0.863. The molecule has 19 heavy (non-hydrogen) atoms. The van der Waals surface area contributed by atoms with E-state index in [4.69, 9.17) is 4.74 Å².